The Bertz CT molecular complexity index is 397. The number of hydrogen-bond acceptors (Lipinski definition) is 4. The van der Waals surface area contributed by atoms with Crippen LogP contribution in [0.5, 0.6) is 0 Å². The number of amides is 1. The van der Waals surface area contributed by atoms with Crippen molar-refractivity contribution >= 4 is 5.91 Å². The summed E-state index contributed by atoms with van der Waals surface area (Å²) >= 11 is 0. The molecule has 1 fully saturated rings. The summed E-state index contributed by atoms with van der Waals surface area (Å²) in [6.07, 6.45) is 5.79. The molecule has 2 N–H and O–H groups in total. The molecule has 1 saturated heterocycles. The van der Waals surface area contributed by atoms with E-state index in [0.29, 0.717) is 6.54 Å². The third-order valence-electron chi connectivity index (χ3n) is 3.37. The van der Waals surface area contributed by atoms with Gasteiger partial charge in [0.2, 0.25) is 5.91 Å². The summed E-state index contributed by atoms with van der Waals surface area (Å²) < 4.78 is 1.66. The highest BCUT2D eigenvalue weighted by Gasteiger charge is 2.25. The van der Waals surface area contributed by atoms with Crippen LogP contribution < -0.4 is 5.73 Å². The highest BCUT2D eigenvalue weighted by molar-refractivity contribution is 5.80. The van der Waals surface area contributed by atoms with E-state index in [9.17, 15) is 4.79 Å². The first-order valence-corrected chi connectivity index (χ1v) is 6.62. The van der Waals surface area contributed by atoms with Crippen LogP contribution in [0.1, 0.15) is 37.9 Å². The smallest absolute Gasteiger partial charge is 0.247 e. The van der Waals surface area contributed by atoms with E-state index in [-0.39, 0.29) is 11.9 Å². The van der Waals surface area contributed by atoms with Gasteiger partial charge in [0.15, 0.2) is 0 Å². The number of carbonyl (C=O) groups excluding carboxylic acids is 1. The molecule has 1 unspecified atom stereocenters. The first-order valence-electron chi connectivity index (χ1n) is 6.62. The number of hydrogen-bond donors (Lipinski definition) is 1. The van der Waals surface area contributed by atoms with Crippen LogP contribution >= 0.6 is 0 Å². The van der Waals surface area contributed by atoms with Crippen LogP contribution in [0.2, 0.25) is 0 Å². The van der Waals surface area contributed by atoms with Crippen molar-refractivity contribution < 1.29 is 4.79 Å². The predicted molar refractivity (Wildman–Crippen MR) is 67.9 cm³/mol. The van der Waals surface area contributed by atoms with Gasteiger partial charge in [0.25, 0.3) is 0 Å². The van der Waals surface area contributed by atoms with Crippen molar-refractivity contribution in [1.29, 1.82) is 0 Å². The quantitative estimate of drug-likeness (QED) is 0.819. The van der Waals surface area contributed by atoms with Gasteiger partial charge in [-0.3, -0.25) is 4.79 Å². The molecule has 1 aliphatic rings. The van der Waals surface area contributed by atoms with Gasteiger partial charge in [0.1, 0.15) is 6.04 Å². The van der Waals surface area contributed by atoms with Crippen LogP contribution in [0, 0.1) is 0 Å². The van der Waals surface area contributed by atoms with Gasteiger partial charge in [0, 0.05) is 19.3 Å². The van der Waals surface area contributed by atoms with E-state index < -0.39 is 0 Å². The number of nitrogens with zero attached hydrogens (tertiary/aromatic N) is 4. The van der Waals surface area contributed by atoms with Gasteiger partial charge in [-0.15, -0.1) is 5.10 Å². The first kappa shape index (κ1) is 13.0. The molecule has 1 amide bonds. The lowest BCUT2D eigenvalue weighted by atomic mass is 10.2. The second kappa shape index (κ2) is 5.95. The summed E-state index contributed by atoms with van der Waals surface area (Å²) in [4.78, 5) is 14.1. The van der Waals surface area contributed by atoms with Gasteiger partial charge in [0.05, 0.1) is 5.69 Å². The monoisotopic (exact) mass is 251 g/mol. The molecule has 1 aromatic rings. The zero-order valence-corrected chi connectivity index (χ0v) is 10.9. The zero-order chi connectivity index (χ0) is 13.0. The Morgan fingerprint density at radius 1 is 1.50 bits per heavy atom. The molecule has 6 nitrogen and oxygen atoms in total. The predicted octanol–water partition coefficient (Wildman–Crippen LogP) is 0.353. The lowest BCUT2D eigenvalue weighted by Gasteiger charge is -2.19. The Labute approximate surface area is 107 Å². The van der Waals surface area contributed by atoms with Crippen molar-refractivity contribution in [3.05, 3.63) is 11.9 Å². The van der Waals surface area contributed by atoms with Crippen LogP contribution in [-0.4, -0.2) is 45.4 Å². The molecule has 100 valence electrons. The lowest BCUT2D eigenvalue weighted by Crippen LogP contribution is -2.34. The minimum Gasteiger partial charge on any atom is -0.341 e. The van der Waals surface area contributed by atoms with Crippen molar-refractivity contribution in [2.24, 2.45) is 5.73 Å². The summed E-state index contributed by atoms with van der Waals surface area (Å²) in [7, 11) is 0. The molecule has 6 heteroatoms. The van der Waals surface area contributed by atoms with Crippen LogP contribution in [0.3, 0.4) is 0 Å². The lowest BCUT2D eigenvalue weighted by molar-refractivity contribution is -0.133. The highest BCUT2D eigenvalue weighted by Crippen LogP contribution is 2.15. The average molecular weight is 251 g/mol. The molecule has 1 aromatic heterocycles. The molecule has 0 bridgehead atoms. The normalized spacial score (nSPS) is 17.1. The van der Waals surface area contributed by atoms with Gasteiger partial charge >= 0.3 is 0 Å². The summed E-state index contributed by atoms with van der Waals surface area (Å²) in [5, 5.41) is 8.11. The van der Waals surface area contributed by atoms with Crippen molar-refractivity contribution in [1.82, 2.24) is 19.9 Å². The van der Waals surface area contributed by atoms with E-state index in [1.54, 1.807) is 4.68 Å². The molecule has 0 aliphatic carbocycles. The molecule has 1 aliphatic heterocycles. The van der Waals surface area contributed by atoms with Gasteiger partial charge in [-0.1, -0.05) is 5.21 Å². The van der Waals surface area contributed by atoms with Gasteiger partial charge in [-0.25, -0.2) is 4.68 Å². The van der Waals surface area contributed by atoms with Crippen LogP contribution in [-0.2, 0) is 11.2 Å². The van der Waals surface area contributed by atoms with Crippen LogP contribution in [0.4, 0.5) is 0 Å². The summed E-state index contributed by atoms with van der Waals surface area (Å²) in [6, 6.07) is -0.262. The Morgan fingerprint density at radius 3 is 2.89 bits per heavy atom. The molecule has 0 saturated carbocycles. The fourth-order valence-electron chi connectivity index (χ4n) is 2.22. The SMILES string of the molecule is CC(C(=O)N1CCCC1)n1cc(CCCN)nn1. The van der Waals surface area contributed by atoms with Crippen LogP contribution in [0.15, 0.2) is 6.20 Å². The number of aromatic nitrogens is 3. The van der Waals surface area contributed by atoms with E-state index in [1.807, 2.05) is 18.0 Å². The third kappa shape index (κ3) is 2.87. The minimum atomic E-state index is -0.262. The molecule has 18 heavy (non-hydrogen) atoms. The van der Waals surface area contributed by atoms with Crippen molar-refractivity contribution in [2.45, 2.75) is 38.6 Å². The number of likely N-dealkylation sites (tertiary alicyclic amines) is 1. The van der Waals surface area contributed by atoms with E-state index in [4.69, 9.17) is 5.73 Å². The summed E-state index contributed by atoms with van der Waals surface area (Å²) in [5.41, 5.74) is 6.36. The Kier molecular flexibility index (Phi) is 4.30. The number of aryl methyl sites for hydroxylation is 1. The van der Waals surface area contributed by atoms with Crippen molar-refractivity contribution in [3.8, 4) is 0 Å². The maximum Gasteiger partial charge on any atom is 0.247 e. The van der Waals surface area contributed by atoms with E-state index >= 15 is 0 Å². The molecule has 0 radical (unpaired) electrons. The largest absolute Gasteiger partial charge is 0.341 e. The topological polar surface area (TPSA) is 77.0 Å². The zero-order valence-electron chi connectivity index (χ0n) is 10.9. The first-order chi connectivity index (χ1) is 8.72. The van der Waals surface area contributed by atoms with Crippen molar-refractivity contribution in [3.63, 3.8) is 0 Å². The van der Waals surface area contributed by atoms with Gasteiger partial charge < -0.3 is 10.6 Å². The second-order valence-electron chi connectivity index (χ2n) is 4.79. The van der Waals surface area contributed by atoms with Crippen molar-refractivity contribution in [2.75, 3.05) is 19.6 Å². The minimum absolute atomic E-state index is 0.141. The number of rotatable bonds is 5. The molecular weight excluding hydrogens is 230 g/mol. The van der Waals surface area contributed by atoms with Gasteiger partial charge in [-0.2, -0.15) is 0 Å². The Morgan fingerprint density at radius 2 is 2.22 bits per heavy atom. The second-order valence-corrected chi connectivity index (χ2v) is 4.79. The fourth-order valence-corrected chi connectivity index (χ4v) is 2.22. The number of carbonyl (C=O) groups is 1. The standard InChI is InChI=1S/C12H21N5O/c1-10(12(18)16-7-2-3-8-16)17-9-11(14-15-17)5-4-6-13/h9-10H,2-8,13H2,1H3. The Balaban J connectivity index is 1.97. The summed E-state index contributed by atoms with van der Waals surface area (Å²) in [6.45, 7) is 4.27. The van der Waals surface area contributed by atoms with Gasteiger partial charge in [-0.05, 0) is 39.2 Å². The van der Waals surface area contributed by atoms with E-state index in [1.165, 1.54) is 0 Å². The average Bonchev–Trinajstić information content (AvgIpc) is 3.05. The molecule has 0 spiro atoms. The maximum atomic E-state index is 12.2. The third-order valence-corrected chi connectivity index (χ3v) is 3.37. The molecular formula is C12H21N5O. The van der Waals surface area contributed by atoms with E-state index in [0.717, 1.165) is 44.5 Å². The fraction of sp³-hybridized carbons (Fsp3) is 0.750. The molecule has 2 rings (SSSR count). The van der Waals surface area contributed by atoms with Crippen LogP contribution in [0.25, 0.3) is 0 Å². The van der Waals surface area contributed by atoms with E-state index in [2.05, 4.69) is 10.3 Å². The molecule has 1 atom stereocenters. The number of nitrogens with two attached hydrogens (primary N) is 1. The highest BCUT2D eigenvalue weighted by atomic mass is 16.2. The molecule has 2 heterocycles. The molecule has 0 aromatic carbocycles. The maximum absolute atomic E-state index is 12.2. The Hall–Kier alpha value is -1.43. The summed E-state index contributed by atoms with van der Waals surface area (Å²) in [5.74, 6) is 0.141.